The maximum Gasteiger partial charge on any atom is 0.210 e. The number of aromatic nitrogens is 5. The van der Waals surface area contributed by atoms with E-state index in [1.54, 1.807) is 16.4 Å². The van der Waals surface area contributed by atoms with E-state index < -0.39 is 0 Å². The molecule has 0 saturated heterocycles. The van der Waals surface area contributed by atoms with Crippen LogP contribution in [-0.4, -0.2) is 37.0 Å². The van der Waals surface area contributed by atoms with Crippen molar-refractivity contribution in [2.75, 3.05) is 18.2 Å². The summed E-state index contributed by atoms with van der Waals surface area (Å²) in [6, 6.07) is 7.70. The number of ether oxygens (including phenoxy) is 1. The molecule has 0 atom stereocenters. The number of hydrogen-bond acceptors (Lipinski definition) is 6. The van der Waals surface area contributed by atoms with Crippen molar-refractivity contribution >= 4 is 11.8 Å². The lowest BCUT2D eigenvalue weighted by Gasteiger charge is -2.05. The molecule has 0 aliphatic carbocycles. The lowest BCUT2D eigenvalue weighted by molar-refractivity contribution is 0.340. The predicted octanol–water partition coefficient (Wildman–Crippen LogP) is 2.52. The van der Waals surface area contributed by atoms with Crippen molar-refractivity contribution in [2.24, 2.45) is 7.05 Å². The summed E-state index contributed by atoms with van der Waals surface area (Å²) in [6.07, 6.45) is 5.97. The van der Waals surface area contributed by atoms with Crippen LogP contribution in [0.5, 0.6) is 5.75 Å². The number of hydrogen-bond donors (Lipinski definition) is 1. The van der Waals surface area contributed by atoms with E-state index in [-0.39, 0.29) is 0 Å². The zero-order valence-corrected chi connectivity index (χ0v) is 15.2. The summed E-state index contributed by atoms with van der Waals surface area (Å²) in [6.45, 7) is 2.61. The molecular weight excluding hydrogens is 336 g/mol. The molecule has 8 heteroatoms. The first-order valence-corrected chi connectivity index (χ1v) is 9.20. The fraction of sp³-hybridized carbons (Fsp3) is 0.353. The number of nitrogens with two attached hydrogens (primary N) is 1. The third kappa shape index (κ3) is 4.33. The zero-order valence-electron chi connectivity index (χ0n) is 14.4. The molecule has 2 N–H and O–H groups in total. The topological polar surface area (TPSA) is 83.8 Å². The Labute approximate surface area is 151 Å². The minimum absolute atomic E-state index is 0.645. The van der Waals surface area contributed by atoms with Crippen LogP contribution in [0.1, 0.15) is 18.9 Å². The molecule has 0 fully saturated rings. The molecule has 0 amide bonds. The van der Waals surface area contributed by atoms with Gasteiger partial charge in [-0.3, -0.25) is 4.68 Å². The first-order valence-electron chi connectivity index (χ1n) is 8.21. The molecule has 0 saturated carbocycles. The average molecular weight is 358 g/mol. The van der Waals surface area contributed by atoms with Gasteiger partial charge in [-0.25, -0.2) is 4.68 Å². The number of aryl methyl sites for hydroxylation is 2. The number of benzene rings is 1. The molecule has 3 aromatic rings. The van der Waals surface area contributed by atoms with Crippen LogP contribution in [0.2, 0.25) is 0 Å². The van der Waals surface area contributed by atoms with Gasteiger partial charge in [0.2, 0.25) is 5.16 Å². The van der Waals surface area contributed by atoms with Crippen LogP contribution in [0.15, 0.2) is 41.8 Å². The van der Waals surface area contributed by atoms with E-state index in [4.69, 9.17) is 10.6 Å². The lowest BCUT2D eigenvalue weighted by atomic mass is 10.2. The van der Waals surface area contributed by atoms with Crippen molar-refractivity contribution in [3.8, 4) is 17.1 Å². The van der Waals surface area contributed by atoms with Gasteiger partial charge in [-0.15, -0.1) is 10.2 Å². The first kappa shape index (κ1) is 17.3. The molecule has 0 aliphatic rings. The van der Waals surface area contributed by atoms with Gasteiger partial charge in [-0.2, -0.15) is 5.10 Å². The van der Waals surface area contributed by atoms with Gasteiger partial charge >= 0.3 is 0 Å². The van der Waals surface area contributed by atoms with E-state index in [0.717, 1.165) is 35.1 Å². The van der Waals surface area contributed by atoms with Crippen LogP contribution in [0.4, 0.5) is 0 Å². The average Bonchev–Trinajstić information content (AvgIpc) is 3.19. The largest absolute Gasteiger partial charge is 0.494 e. The summed E-state index contributed by atoms with van der Waals surface area (Å²) in [5, 5.41) is 13.3. The Morgan fingerprint density at radius 3 is 2.68 bits per heavy atom. The first-order chi connectivity index (χ1) is 12.2. The van der Waals surface area contributed by atoms with Crippen molar-refractivity contribution in [3.63, 3.8) is 0 Å². The van der Waals surface area contributed by atoms with Crippen LogP contribution >= 0.6 is 11.8 Å². The van der Waals surface area contributed by atoms with Crippen LogP contribution < -0.4 is 10.6 Å². The van der Waals surface area contributed by atoms with Crippen LogP contribution in [-0.2, 0) is 13.5 Å². The summed E-state index contributed by atoms with van der Waals surface area (Å²) in [4.78, 5) is 0. The molecule has 0 bridgehead atoms. The maximum absolute atomic E-state index is 6.16. The molecule has 25 heavy (non-hydrogen) atoms. The third-order valence-corrected chi connectivity index (χ3v) is 4.72. The van der Waals surface area contributed by atoms with Gasteiger partial charge in [-0.1, -0.05) is 11.8 Å². The Hall–Kier alpha value is -2.48. The molecule has 2 aromatic heterocycles. The third-order valence-electron chi connectivity index (χ3n) is 3.69. The highest BCUT2D eigenvalue weighted by molar-refractivity contribution is 7.99. The number of nitrogen functional groups attached to an aromatic ring is 1. The Balaban J connectivity index is 1.57. The van der Waals surface area contributed by atoms with Gasteiger partial charge in [0.05, 0.1) is 12.8 Å². The van der Waals surface area contributed by atoms with E-state index in [2.05, 4.69) is 15.3 Å². The molecule has 132 valence electrons. The van der Waals surface area contributed by atoms with Crippen molar-refractivity contribution in [2.45, 2.75) is 24.9 Å². The Bertz CT molecular complexity index is 811. The van der Waals surface area contributed by atoms with Gasteiger partial charge in [0.1, 0.15) is 5.75 Å². The van der Waals surface area contributed by atoms with Crippen molar-refractivity contribution < 1.29 is 4.74 Å². The van der Waals surface area contributed by atoms with E-state index in [0.29, 0.717) is 12.4 Å². The van der Waals surface area contributed by atoms with Gasteiger partial charge in [0.15, 0.2) is 5.82 Å². The normalized spacial score (nSPS) is 11.0. The Morgan fingerprint density at radius 1 is 1.20 bits per heavy atom. The minimum atomic E-state index is 0.645. The number of nitrogens with zero attached hydrogens (tertiary/aromatic N) is 5. The minimum Gasteiger partial charge on any atom is -0.494 e. The molecule has 1 aromatic carbocycles. The highest BCUT2D eigenvalue weighted by Gasteiger charge is 2.12. The second-order valence-corrected chi connectivity index (χ2v) is 6.67. The second-order valence-electron chi connectivity index (χ2n) is 5.61. The molecule has 0 spiro atoms. The molecule has 7 nitrogen and oxygen atoms in total. The summed E-state index contributed by atoms with van der Waals surface area (Å²) in [7, 11) is 1.93. The summed E-state index contributed by atoms with van der Waals surface area (Å²) in [5.74, 6) is 8.56. The van der Waals surface area contributed by atoms with Gasteiger partial charge < -0.3 is 10.6 Å². The lowest BCUT2D eigenvalue weighted by Crippen LogP contribution is -2.11. The Morgan fingerprint density at radius 2 is 2.00 bits per heavy atom. The van der Waals surface area contributed by atoms with E-state index in [1.807, 2.05) is 55.3 Å². The van der Waals surface area contributed by atoms with Gasteiger partial charge in [0.25, 0.3) is 0 Å². The maximum atomic E-state index is 6.16. The standard InChI is InChI=1S/C17H22N6OS/c1-3-24-15-8-6-14(7-9-15)16-20-21-17(23(16)18)25-10-4-5-13-11-19-22(2)12-13/h6-9,11-12H,3-5,10,18H2,1-2H3. The van der Waals surface area contributed by atoms with Crippen LogP contribution in [0.3, 0.4) is 0 Å². The van der Waals surface area contributed by atoms with Crippen LogP contribution in [0.25, 0.3) is 11.4 Å². The van der Waals surface area contributed by atoms with Crippen LogP contribution in [0, 0.1) is 0 Å². The molecular formula is C17H22N6OS. The SMILES string of the molecule is CCOc1ccc(-c2nnc(SCCCc3cnn(C)c3)n2N)cc1. The number of thioether (sulfide) groups is 1. The van der Waals surface area contributed by atoms with Gasteiger partial charge in [0, 0.05) is 24.6 Å². The van der Waals surface area contributed by atoms with E-state index in [9.17, 15) is 0 Å². The molecule has 2 heterocycles. The fourth-order valence-electron chi connectivity index (χ4n) is 2.48. The highest BCUT2D eigenvalue weighted by Crippen LogP contribution is 2.24. The molecule has 0 radical (unpaired) electrons. The fourth-order valence-corrected chi connectivity index (χ4v) is 3.28. The van der Waals surface area contributed by atoms with Crippen molar-refractivity contribution in [1.82, 2.24) is 24.7 Å². The quantitative estimate of drug-likeness (QED) is 0.378. The number of rotatable bonds is 8. The second kappa shape index (κ2) is 8.06. The Kier molecular flexibility index (Phi) is 5.60. The van der Waals surface area contributed by atoms with E-state index >= 15 is 0 Å². The predicted molar refractivity (Wildman–Crippen MR) is 99.0 cm³/mol. The molecule has 3 rings (SSSR count). The van der Waals surface area contributed by atoms with Crippen molar-refractivity contribution in [1.29, 1.82) is 0 Å². The van der Waals surface area contributed by atoms with Crippen molar-refractivity contribution in [3.05, 3.63) is 42.2 Å². The summed E-state index contributed by atoms with van der Waals surface area (Å²) >= 11 is 1.61. The smallest absolute Gasteiger partial charge is 0.210 e. The monoisotopic (exact) mass is 358 g/mol. The highest BCUT2D eigenvalue weighted by atomic mass is 32.2. The molecule has 0 unspecified atom stereocenters. The zero-order chi connectivity index (χ0) is 17.6. The summed E-state index contributed by atoms with van der Waals surface area (Å²) < 4.78 is 8.82. The summed E-state index contributed by atoms with van der Waals surface area (Å²) in [5.41, 5.74) is 2.16. The van der Waals surface area contributed by atoms with E-state index in [1.165, 1.54) is 5.56 Å². The molecule has 0 aliphatic heterocycles. The van der Waals surface area contributed by atoms with Gasteiger partial charge in [-0.05, 0) is 49.6 Å².